The molecular formula is C29H32N6O3. The molecular weight excluding hydrogens is 480 g/mol. The molecule has 0 aliphatic carbocycles. The number of pyridine rings is 1. The molecule has 1 aliphatic heterocycles. The minimum absolute atomic E-state index is 0.0357. The second-order valence-electron chi connectivity index (χ2n) is 9.53. The molecule has 0 radical (unpaired) electrons. The number of aromatic nitrogens is 3. The molecule has 2 N–H and O–H groups in total. The number of para-hydroxylation sites is 1. The Morgan fingerprint density at radius 1 is 1.11 bits per heavy atom. The fourth-order valence-electron chi connectivity index (χ4n) is 4.42. The highest BCUT2D eigenvalue weighted by molar-refractivity contribution is 5.93. The molecule has 1 fully saturated rings. The summed E-state index contributed by atoms with van der Waals surface area (Å²) in [5.41, 5.74) is 0.622. The van der Waals surface area contributed by atoms with E-state index < -0.39 is 0 Å². The molecule has 1 saturated heterocycles. The zero-order valence-corrected chi connectivity index (χ0v) is 21.6. The van der Waals surface area contributed by atoms with Gasteiger partial charge in [0, 0.05) is 50.1 Å². The molecule has 4 aromatic rings. The first kappa shape index (κ1) is 25.3. The van der Waals surface area contributed by atoms with Crippen LogP contribution in [0.5, 0.6) is 23.0 Å². The molecule has 1 atom stereocenters. The number of likely N-dealkylation sites (N-methyl/N-ethyl adjacent to an activating group) is 1. The third-order valence-electron chi connectivity index (χ3n) is 6.24. The van der Waals surface area contributed by atoms with Gasteiger partial charge >= 0.3 is 0 Å². The number of carbonyl (C=O) groups excluding carboxylic acids is 1. The Kier molecular flexibility index (Phi) is 7.84. The van der Waals surface area contributed by atoms with Crippen molar-refractivity contribution in [2.24, 2.45) is 0 Å². The Morgan fingerprint density at radius 2 is 1.89 bits per heavy atom. The van der Waals surface area contributed by atoms with Gasteiger partial charge in [-0.25, -0.2) is 4.98 Å². The third kappa shape index (κ3) is 6.30. The molecule has 1 amide bonds. The number of hydrogen-bond acceptors (Lipinski definition) is 7. The molecule has 0 saturated carbocycles. The van der Waals surface area contributed by atoms with Crippen LogP contribution in [0.2, 0.25) is 0 Å². The number of aromatic amines is 1. The second kappa shape index (κ2) is 11.8. The third-order valence-corrected chi connectivity index (χ3v) is 6.24. The fourth-order valence-corrected chi connectivity index (χ4v) is 4.42. The predicted octanol–water partition coefficient (Wildman–Crippen LogP) is 5.06. The number of hydrogen-bond donors (Lipinski definition) is 2. The van der Waals surface area contributed by atoms with Crippen LogP contribution in [0.4, 0.5) is 5.82 Å². The summed E-state index contributed by atoms with van der Waals surface area (Å²) in [6.45, 7) is 2.09. The second-order valence-corrected chi connectivity index (χ2v) is 9.53. The quantitative estimate of drug-likeness (QED) is 0.303. The number of carbonyl (C=O) groups is 1. The predicted molar refractivity (Wildman–Crippen MR) is 148 cm³/mol. The van der Waals surface area contributed by atoms with E-state index in [1.807, 2.05) is 90.6 Å². The first-order valence-corrected chi connectivity index (χ1v) is 12.8. The molecule has 3 heterocycles. The van der Waals surface area contributed by atoms with Crippen LogP contribution in [-0.4, -0.2) is 70.7 Å². The molecule has 0 bridgehead atoms. The summed E-state index contributed by atoms with van der Waals surface area (Å²) in [6, 6.07) is 19.0. The number of rotatable bonds is 9. The van der Waals surface area contributed by atoms with Gasteiger partial charge in [-0.1, -0.05) is 30.3 Å². The molecule has 5 rings (SSSR count). The van der Waals surface area contributed by atoms with E-state index >= 15 is 0 Å². The number of fused-ring (bicyclic) bond motifs is 1. The van der Waals surface area contributed by atoms with Crippen molar-refractivity contribution < 1.29 is 14.3 Å². The minimum Gasteiger partial charge on any atom is -0.457 e. The molecule has 38 heavy (non-hydrogen) atoms. The highest BCUT2D eigenvalue weighted by Crippen LogP contribution is 2.35. The first-order chi connectivity index (χ1) is 18.5. The Balaban J connectivity index is 1.30. The van der Waals surface area contributed by atoms with Gasteiger partial charge in [-0.05, 0) is 51.2 Å². The van der Waals surface area contributed by atoms with Crippen molar-refractivity contribution in [1.29, 1.82) is 0 Å². The van der Waals surface area contributed by atoms with E-state index in [1.165, 1.54) is 0 Å². The maximum absolute atomic E-state index is 12.7. The Labute approximate surface area is 222 Å². The molecule has 1 aliphatic rings. The number of H-pyrrole nitrogens is 1. The smallest absolute Gasteiger partial charge is 0.246 e. The molecule has 9 heteroatoms. The van der Waals surface area contributed by atoms with Gasteiger partial charge in [-0.2, -0.15) is 5.10 Å². The summed E-state index contributed by atoms with van der Waals surface area (Å²) in [5.74, 6) is 3.38. The van der Waals surface area contributed by atoms with Crippen LogP contribution in [0.3, 0.4) is 0 Å². The zero-order valence-electron chi connectivity index (χ0n) is 21.6. The Morgan fingerprint density at radius 3 is 2.71 bits per heavy atom. The zero-order chi connectivity index (χ0) is 26.3. The van der Waals surface area contributed by atoms with Gasteiger partial charge in [0.15, 0.2) is 11.5 Å². The van der Waals surface area contributed by atoms with Crippen molar-refractivity contribution in [3.63, 3.8) is 0 Å². The SMILES string of the molecule is CN(C)CC=CC(=O)N1CCCC(Nc2n[nH]c3nccc(Oc4cccc(Oc5ccccc5)c4)c23)C1. The number of nitrogens with zero attached hydrogens (tertiary/aromatic N) is 4. The summed E-state index contributed by atoms with van der Waals surface area (Å²) >= 11 is 0. The van der Waals surface area contributed by atoms with Crippen molar-refractivity contribution in [2.45, 2.75) is 18.9 Å². The van der Waals surface area contributed by atoms with Crippen LogP contribution in [0.25, 0.3) is 11.0 Å². The number of likely N-dealkylation sites (tertiary alicyclic amines) is 1. The minimum atomic E-state index is 0.0357. The number of piperidine rings is 1. The maximum Gasteiger partial charge on any atom is 0.246 e. The number of ether oxygens (including phenoxy) is 2. The number of nitrogens with one attached hydrogen (secondary N) is 2. The standard InChI is InChI=1S/C29H32N6O3/c1-34(2)17-8-14-26(36)35-18-7-9-21(20-35)31-29-27-25(15-16-30-28(27)32-33-29)38-24-13-6-12-23(19-24)37-22-10-4-3-5-11-22/h3-6,8,10-16,19,21H,7,9,17-18,20H2,1-2H3,(H2,30,31,32,33). The van der Waals surface area contributed by atoms with Crippen molar-refractivity contribution >= 4 is 22.8 Å². The summed E-state index contributed by atoms with van der Waals surface area (Å²) in [4.78, 5) is 21.0. The van der Waals surface area contributed by atoms with Crippen molar-refractivity contribution in [3.05, 3.63) is 79.0 Å². The van der Waals surface area contributed by atoms with Crippen LogP contribution in [0.1, 0.15) is 12.8 Å². The number of anilines is 1. The van der Waals surface area contributed by atoms with Gasteiger partial charge in [-0.15, -0.1) is 0 Å². The summed E-state index contributed by atoms with van der Waals surface area (Å²) in [5, 5.41) is 11.8. The van der Waals surface area contributed by atoms with Crippen LogP contribution >= 0.6 is 0 Å². The Hall–Kier alpha value is -4.37. The highest BCUT2D eigenvalue weighted by atomic mass is 16.5. The van der Waals surface area contributed by atoms with Crippen LogP contribution in [-0.2, 0) is 4.79 Å². The number of amides is 1. The lowest BCUT2D eigenvalue weighted by Gasteiger charge is -2.32. The van der Waals surface area contributed by atoms with Gasteiger partial charge in [0.1, 0.15) is 28.4 Å². The van der Waals surface area contributed by atoms with E-state index in [9.17, 15) is 4.79 Å². The molecule has 9 nitrogen and oxygen atoms in total. The molecule has 1 unspecified atom stereocenters. The normalized spacial score (nSPS) is 15.8. The largest absolute Gasteiger partial charge is 0.457 e. The highest BCUT2D eigenvalue weighted by Gasteiger charge is 2.24. The molecule has 196 valence electrons. The van der Waals surface area contributed by atoms with E-state index in [4.69, 9.17) is 9.47 Å². The van der Waals surface area contributed by atoms with E-state index in [-0.39, 0.29) is 11.9 Å². The average Bonchev–Trinajstić information content (AvgIpc) is 3.33. The summed E-state index contributed by atoms with van der Waals surface area (Å²) in [6.07, 6.45) is 7.11. The van der Waals surface area contributed by atoms with Gasteiger partial charge in [0.25, 0.3) is 0 Å². The lowest BCUT2D eigenvalue weighted by Crippen LogP contribution is -2.44. The van der Waals surface area contributed by atoms with Gasteiger partial charge in [0.05, 0.1) is 0 Å². The monoisotopic (exact) mass is 512 g/mol. The van der Waals surface area contributed by atoms with Crippen LogP contribution in [0.15, 0.2) is 79.0 Å². The first-order valence-electron chi connectivity index (χ1n) is 12.8. The molecule has 0 spiro atoms. The van der Waals surface area contributed by atoms with Gasteiger partial charge in [-0.3, -0.25) is 9.89 Å². The maximum atomic E-state index is 12.7. The van der Waals surface area contributed by atoms with E-state index in [0.29, 0.717) is 35.3 Å². The van der Waals surface area contributed by atoms with Crippen molar-refractivity contribution in [3.8, 4) is 23.0 Å². The topological polar surface area (TPSA) is 95.6 Å². The molecule has 2 aromatic heterocycles. The summed E-state index contributed by atoms with van der Waals surface area (Å²) < 4.78 is 12.2. The lowest BCUT2D eigenvalue weighted by molar-refractivity contribution is -0.127. The van der Waals surface area contributed by atoms with Gasteiger partial charge in [0.2, 0.25) is 5.91 Å². The summed E-state index contributed by atoms with van der Waals surface area (Å²) in [7, 11) is 3.96. The number of benzene rings is 2. The van der Waals surface area contributed by atoms with E-state index in [0.717, 1.165) is 37.1 Å². The Bertz CT molecular complexity index is 1400. The van der Waals surface area contributed by atoms with Crippen molar-refractivity contribution in [1.82, 2.24) is 25.0 Å². The lowest BCUT2D eigenvalue weighted by atomic mass is 10.1. The fraction of sp³-hybridized carbons (Fsp3) is 0.276. The van der Waals surface area contributed by atoms with Crippen LogP contribution in [0, 0.1) is 0 Å². The van der Waals surface area contributed by atoms with Gasteiger partial charge < -0.3 is 24.6 Å². The average molecular weight is 513 g/mol. The van der Waals surface area contributed by atoms with E-state index in [1.54, 1.807) is 12.3 Å². The van der Waals surface area contributed by atoms with Crippen LogP contribution < -0.4 is 14.8 Å². The van der Waals surface area contributed by atoms with E-state index in [2.05, 4.69) is 20.5 Å². The van der Waals surface area contributed by atoms with Crippen molar-refractivity contribution in [2.75, 3.05) is 39.0 Å². The molecule has 2 aromatic carbocycles.